The Morgan fingerprint density at radius 1 is 1.06 bits per heavy atom. The number of esters is 2. The van der Waals surface area contributed by atoms with E-state index in [0.29, 0.717) is 16.6 Å². The third-order valence-corrected chi connectivity index (χ3v) is 2.96. The van der Waals surface area contributed by atoms with Crippen molar-refractivity contribution in [2.24, 2.45) is 0 Å². The molecule has 5 nitrogen and oxygen atoms in total. The Hall–Kier alpha value is -1.56. The van der Waals surface area contributed by atoms with Gasteiger partial charge in [-0.1, -0.05) is 15.9 Å². The van der Waals surface area contributed by atoms with Crippen molar-refractivity contribution < 1.29 is 23.8 Å². The number of hydrogen-bond acceptors (Lipinski definition) is 5. The van der Waals surface area contributed by atoms with Crippen LogP contribution in [0, 0.1) is 0 Å². The minimum Gasteiger partial charge on any atom is -0.497 e. The molecular formula is C12H13BrO5. The largest absolute Gasteiger partial charge is 0.497 e. The van der Waals surface area contributed by atoms with Crippen molar-refractivity contribution in [2.75, 3.05) is 21.3 Å². The molecule has 0 atom stereocenters. The zero-order valence-electron chi connectivity index (χ0n) is 10.3. The number of methoxy groups -OCH3 is 3. The Kier molecular flexibility index (Phi) is 5.15. The Bertz CT molecular complexity index is 433. The Labute approximate surface area is 113 Å². The second-order valence-electron chi connectivity index (χ2n) is 3.32. The molecule has 0 fully saturated rings. The van der Waals surface area contributed by atoms with Gasteiger partial charge in [-0.3, -0.25) is 0 Å². The molecule has 98 valence electrons. The molecule has 0 saturated heterocycles. The lowest BCUT2D eigenvalue weighted by Crippen LogP contribution is -2.12. The summed E-state index contributed by atoms with van der Waals surface area (Å²) in [5, 5.41) is 0.325. The number of ether oxygens (including phenoxy) is 3. The maximum Gasteiger partial charge on any atom is 0.338 e. The van der Waals surface area contributed by atoms with Gasteiger partial charge in [0, 0.05) is 5.33 Å². The van der Waals surface area contributed by atoms with Gasteiger partial charge in [-0.2, -0.15) is 0 Å². The number of halogens is 1. The maximum absolute atomic E-state index is 11.7. The zero-order valence-corrected chi connectivity index (χ0v) is 11.9. The van der Waals surface area contributed by atoms with E-state index in [1.54, 1.807) is 0 Å². The SMILES string of the molecule is COC(=O)c1cc(OC)cc(C(=O)OC)c1CBr. The summed E-state index contributed by atoms with van der Waals surface area (Å²) in [5.74, 6) is -0.678. The van der Waals surface area contributed by atoms with Gasteiger partial charge in [0.05, 0.1) is 32.5 Å². The fourth-order valence-corrected chi connectivity index (χ4v) is 2.10. The highest BCUT2D eigenvalue weighted by molar-refractivity contribution is 9.08. The molecule has 0 aromatic heterocycles. The highest BCUT2D eigenvalue weighted by Gasteiger charge is 2.21. The van der Waals surface area contributed by atoms with Crippen LogP contribution in [0.3, 0.4) is 0 Å². The van der Waals surface area contributed by atoms with E-state index in [1.807, 2.05) is 0 Å². The molecule has 0 spiro atoms. The molecule has 0 aliphatic rings. The third-order valence-electron chi connectivity index (χ3n) is 2.40. The summed E-state index contributed by atoms with van der Waals surface area (Å²) >= 11 is 3.24. The van der Waals surface area contributed by atoms with Crippen molar-refractivity contribution >= 4 is 27.9 Å². The van der Waals surface area contributed by atoms with Crippen molar-refractivity contribution in [1.82, 2.24) is 0 Å². The van der Waals surface area contributed by atoms with E-state index in [-0.39, 0.29) is 11.1 Å². The smallest absolute Gasteiger partial charge is 0.338 e. The van der Waals surface area contributed by atoms with E-state index < -0.39 is 11.9 Å². The number of alkyl halides is 1. The van der Waals surface area contributed by atoms with Gasteiger partial charge in [-0.25, -0.2) is 9.59 Å². The van der Waals surface area contributed by atoms with Gasteiger partial charge in [-0.05, 0) is 17.7 Å². The molecule has 0 aliphatic carbocycles. The average molecular weight is 317 g/mol. The summed E-state index contributed by atoms with van der Waals surface area (Å²) in [5.41, 5.74) is 1.05. The molecule has 0 unspecified atom stereocenters. The predicted molar refractivity (Wildman–Crippen MR) is 68.3 cm³/mol. The fraction of sp³-hybridized carbons (Fsp3) is 0.333. The van der Waals surface area contributed by atoms with Crippen LogP contribution in [0.2, 0.25) is 0 Å². The maximum atomic E-state index is 11.7. The van der Waals surface area contributed by atoms with Gasteiger partial charge in [0.15, 0.2) is 0 Å². The Morgan fingerprint density at radius 3 is 1.78 bits per heavy atom. The van der Waals surface area contributed by atoms with E-state index >= 15 is 0 Å². The van der Waals surface area contributed by atoms with Crippen LogP contribution in [0.25, 0.3) is 0 Å². The molecule has 0 heterocycles. The number of carbonyl (C=O) groups is 2. The number of rotatable bonds is 4. The second-order valence-corrected chi connectivity index (χ2v) is 3.88. The molecule has 1 aromatic carbocycles. The van der Waals surface area contributed by atoms with Gasteiger partial charge < -0.3 is 14.2 Å². The number of benzene rings is 1. The first-order valence-corrected chi connectivity index (χ1v) is 6.14. The average Bonchev–Trinajstić information content (AvgIpc) is 2.43. The molecule has 6 heteroatoms. The van der Waals surface area contributed by atoms with Gasteiger partial charge in [-0.15, -0.1) is 0 Å². The highest BCUT2D eigenvalue weighted by Crippen LogP contribution is 2.26. The van der Waals surface area contributed by atoms with Crippen LogP contribution in [0.15, 0.2) is 12.1 Å². The lowest BCUT2D eigenvalue weighted by molar-refractivity contribution is 0.0596. The van der Waals surface area contributed by atoms with Crippen LogP contribution in [0.5, 0.6) is 5.75 Å². The van der Waals surface area contributed by atoms with Crippen LogP contribution < -0.4 is 4.74 Å². The first kappa shape index (κ1) is 14.5. The molecule has 1 aromatic rings. The number of carbonyl (C=O) groups excluding carboxylic acids is 2. The minimum absolute atomic E-state index is 0.272. The quantitative estimate of drug-likeness (QED) is 0.629. The summed E-state index contributed by atoms with van der Waals surface area (Å²) < 4.78 is 14.4. The molecule has 0 N–H and O–H groups in total. The summed E-state index contributed by atoms with van der Waals surface area (Å²) in [6.45, 7) is 0. The molecule has 18 heavy (non-hydrogen) atoms. The molecule has 0 amide bonds. The van der Waals surface area contributed by atoms with Crippen LogP contribution in [-0.4, -0.2) is 33.3 Å². The van der Waals surface area contributed by atoms with E-state index in [1.165, 1.54) is 33.5 Å². The van der Waals surface area contributed by atoms with Crippen molar-refractivity contribution in [1.29, 1.82) is 0 Å². The first-order valence-electron chi connectivity index (χ1n) is 5.02. The van der Waals surface area contributed by atoms with E-state index in [4.69, 9.17) is 4.74 Å². The van der Waals surface area contributed by atoms with Gasteiger partial charge in [0.1, 0.15) is 5.75 Å². The van der Waals surface area contributed by atoms with Crippen molar-refractivity contribution in [3.05, 3.63) is 28.8 Å². The Balaban J connectivity index is 3.49. The summed E-state index contributed by atoms with van der Waals surface area (Å²) in [4.78, 5) is 23.3. The third kappa shape index (κ3) is 2.81. The minimum atomic E-state index is -0.534. The first-order chi connectivity index (χ1) is 8.58. The Morgan fingerprint density at radius 2 is 1.50 bits per heavy atom. The van der Waals surface area contributed by atoms with E-state index in [2.05, 4.69) is 25.4 Å². The lowest BCUT2D eigenvalue weighted by atomic mass is 10.0. The fourth-order valence-electron chi connectivity index (χ4n) is 1.49. The van der Waals surface area contributed by atoms with Crippen molar-refractivity contribution in [3.8, 4) is 5.75 Å². The normalized spacial score (nSPS) is 9.78. The number of hydrogen-bond donors (Lipinski definition) is 0. The standard InChI is InChI=1S/C12H13BrO5/c1-16-7-4-8(11(14)17-2)10(6-13)9(5-7)12(15)18-3/h4-5H,6H2,1-3H3. The van der Waals surface area contributed by atoms with Crippen LogP contribution in [0.4, 0.5) is 0 Å². The predicted octanol–water partition coefficient (Wildman–Crippen LogP) is 2.16. The highest BCUT2D eigenvalue weighted by atomic mass is 79.9. The molecule has 0 aliphatic heterocycles. The summed E-state index contributed by atoms with van der Waals surface area (Å²) in [6, 6.07) is 3.05. The molecule has 0 saturated carbocycles. The molecule has 1 rings (SSSR count). The molecule has 0 bridgehead atoms. The zero-order chi connectivity index (χ0) is 13.7. The molecule has 0 radical (unpaired) electrons. The van der Waals surface area contributed by atoms with Gasteiger partial charge in [0.2, 0.25) is 0 Å². The van der Waals surface area contributed by atoms with Gasteiger partial charge in [0.25, 0.3) is 0 Å². The van der Waals surface area contributed by atoms with Crippen molar-refractivity contribution in [3.63, 3.8) is 0 Å². The second kappa shape index (κ2) is 6.39. The topological polar surface area (TPSA) is 61.8 Å². The lowest BCUT2D eigenvalue weighted by Gasteiger charge is -2.12. The summed E-state index contributed by atoms with van der Waals surface area (Å²) in [7, 11) is 4.00. The van der Waals surface area contributed by atoms with Crippen LogP contribution >= 0.6 is 15.9 Å². The summed E-state index contributed by atoms with van der Waals surface area (Å²) in [6.07, 6.45) is 0. The monoisotopic (exact) mass is 316 g/mol. The van der Waals surface area contributed by atoms with Crippen LogP contribution in [0.1, 0.15) is 26.3 Å². The molecular weight excluding hydrogens is 304 g/mol. The van der Waals surface area contributed by atoms with Crippen molar-refractivity contribution in [2.45, 2.75) is 5.33 Å². The van der Waals surface area contributed by atoms with Gasteiger partial charge >= 0.3 is 11.9 Å². The van der Waals surface area contributed by atoms with E-state index in [9.17, 15) is 9.59 Å². The van der Waals surface area contributed by atoms with E-state index in [0.717, 1.165) is 0 Å². The van der Waals surface area contributed by atoms with Crippen LogP contribution in [-0.2, 0) is 14.8 Å².